The average molecular weight is 141 g/mol. The number of rotatable bonds is 1. The Labute approximate surface area is 63.8 Å². The maximum Gasteiger partial charge on any atom is 0.0614 e. The number of hydrogen-bond acceptors (Lipinski definition) is 1. The maximum absolute atomic E-state index is 5.74. The summed E-state index contributed by atoms with van der Waals surface area (Å²) in [6.07, 6.45) is 6.48. The Morgan fingerprint density at radius 3 is 2.50 bits per heavy atom. The molecule has 0 N–H and O–H groups in total. The second-order valence-electron chi connectivity index (χ2n) is 3.94. The van der Waals surface area contributed by atoms with Crippen LogP contribution in [0.25, 0.3) is 0 Å². The summed E-state index contributed by atoms with van der Waals surface area (Å²) in [5.74, 6) is 0. The number of ether oxygens (including phenoxy) is 1. The molecule has 1 atom stereocenters. The quantitative estimate of drug-likeness (QED) is 0.545. The second-order valence-corrected chi connectivity index (χ2v) is 3.94. The summed E-state index contributed by atoms with van der Waals surface area (Å²) in [4.78, 5) is 0. The standard InChI is InChI=1S/C9H17O/c1-9(2,3)10-8-6-4-5-7-8/h6,8H,4-5,7H2,1-3H3. The highest BCUT2D eigenvalue weighted by molar-refractivity contribution is 4.86. The Hall–Kier alpha value is -0.0400. The Kier molecular flexibility index (Phi) is 2.35. The van der Waals surface area contributed by atoms with E-state index in [1.54, 1.807) is 0 Å². The molecular formula is C9H17O. The molecule has 10 heavy (non-hydrogen) atoms. The summed E-state index contributed by atoms with van der Waals surface area (Å²) in [5.41, 5.74) is 0.0332. The van der Waals surface area contributed by atoms with Crippen molar-refractivity contribution in [2.24, 2.45) is 0 Å². The summed E-state index contributed by atoms with van der Waals surface area (Å²) in [6, 6.07) is 0. The van der Waals surface area contributed by atoms with Gasteiger partial charge in [-0.1, -0.05) is 6.42 Å². The van der Waals surface area contributed by atoms with Crippen LogP contribution in [-0.4, -0.2) is 11.7 Å². The lowest BCUT2D eigenvalue weighted by molar-refractivity contribution is -0.0414. The van der Waals surface area contributed by atoms with E-state index in [1.807, 2.05) is 0 Å². The van der Waals surface area contributed by atoms with Crippen LogP contribution in [0.4, 0.5) is 0 Å². The molecule has 1 saturated carbocycles. The highest BCUT2D eigenvalue weighted by atomic mass is 16.5. The van der Waals surface area contributed by atoms with Crippen molar-refractivity contribution in [3.8, 4) is 0 Å². The Morgan fingerprint density at radius 1 is 1.40 bits per heavy atom. The zero-order chi connectivity index (χ0) is 7.61. The fourth-order valence-electron chi connectivity index (χ4n) is 1.30. The van der Waals surface area contributed by atoms with E-state index in [4.69, 9.17) is 4.74 Å². The van der Waals surface area contributed by atoms with Crippen LogP contribution in [0.1, 0.15) is 40.0 Å². The minimum Gasteiger partial charge on any atom is -0.372 e. The maximum atomic E-state index is 5.74. The van der Waals surface area contributed by atoms with Crippen molar-refractivity contribution in [1.82, 2.24) is 0 Å². The summed E-state index contributed by atoms with van der Waals surface area (Å²) >= 11 is 0. The van der Waals surface area contributed by atoms with Gasteiger partial charge in [-0.15, -0.1) is 0 Å². The van der Waals surface area contributed by atoms with Crippen LogP contribution in [0.2, 0.25) is 0 Å². The highest BCUT2D eigenvalue weighted by Crippen LogP contribution is 2.24. The third kappa shape index (κ3) is 2.70. The van der Waals surface area contributed by atoms with Gasteiger partial charge in [0.05, 0.1) is 11.7 Å². The van der Waals surface area contributed by atoms with Gasteiger partial charge in [0.15, 0.2) is 0 Å². The molecule has 1 heteroatoms. The summed E-state index contributed by atoms with van der Waals surface area (Å²) < 4.78 is 5.74. The Morgan fingerprint density at radius 2 is 2.10 bits per heavy atom. The van der Waals surface area contributed by atoms with Crippen molar-refractivity contribution in [1.29, 1.82) is 0 Å². The predicted octanol–water partition coefficient (Wildman–Crippen LogP) is 2.56. The molecule has 0 aromatic carbocycles. The fourth-order valence-corrected chi connectivity index (χ4v) is 1.30. The SMILES string of the molecule is CC(C)(C)OC1[CH]CCC1. The normalized spacial score (nSPS) is 21.9. The zero-order valence-electron chi connectivity index (χ0n) is 7.18. The van der Waals surface area contributed by atoms with Gasteiger partial charge in [-0.3, -0.25) is 0 Å². The summed E-state index contributed by atoms with van der Waals surface area (Å²) in [7, 11) is 0. The van der Waals surface area contributed by atoms with Crippen molar-refractivity contribution < 1.29 is 4.74 Å². The third-order valence-electron chi connectivity index (χ3n) is 1.63. The van der Waals surface area contributed by atoms with Crippen LogP contribution >= 0.6 is 0 Å². The minimum absolute atomic E-state index is 0.0332. The molecule has 1 fully saturated rings. The van der Waals surface area contributed by atoms with E-state index >= 15 is 0 Å². The lowest BCUT2D eigenvalue weighted by atomic mass is 10.2. The van der Waals surface area contributed by atoms with E-state index in [-0.39, 0.29) is 5.60 Å². The topological polar surface area (TPSA) is 9.23 Å². The molecule has 0 bridgehead atoms. The molecule has 0 saturated heterocycles. The first kappa shape index (κ1) is 8.06. The van der Waals surface area contributed by atoms with Gasteiger partial charge >= 0.3 is 0 Å². The number of hydrogen-bond donors (Lipinski definition) is 0. The van der Waals surface area contributed by atoms with Crippen molar-refractivity contribution in [2.45, 2.75) is 51.7 Å². The molecule has 59 valence electrons. The smallest absolute Gasteiger partial charge is 0.0614 e. The summed E-state index contributed by atoms with van der Waals surface area (Å²) in [5, 5.41) is 0. The second kappa shape index (κ2) is 2.91. The molecule has 0 spiro atoms. The van der Waals surface area contributed by atoms with Crippen LogP contribution in [0, 0.1) is 6.42 Å². The van der Waals surface area contributed by atoms with Gasteiger partial charge < -0.3 is 4.74 Å². The molecule has 1 radical (unpaired) electrons. The van der Waals surface area contributed by atoms with Gasteiger partial charge in [0, 0.05) is 0 Å². The zero-order valence-corrected chi connectivity index (χ0v) is 7.18. The van der Waals surface area contributed by atoms with Gasteiger partial charge in [0.2, 0.25) is 0 Å². The molecule has 0 heterocycles. The van der Waals surface area contributed by atoms with Crippen LogP contribution in [-0.2, 0) is 4.74 Å². The molecule has 1 aliphatic carbocycles. The van der Waals surface area contributed by atoms with E-state index in [9.17, 15) is 0 Å². The van der Waals surface area contributed by atoms with Crippen molar-refractivity contribution in [3.05, 3.63) is 6.42 Å². The molecule has 0 aromatic heterocycles. The molecular weight excluding hydrogens is 124 g/mol. The van der Waals surface area contributed by atoms with E-state index in [0.717, 1.165) is 0 Å². The monoisotopic (exact) mass is 141 g/mol. The molecule has 1 aliphatic rings. The first-order valence-corrected chi connectivity index (χ1v) is 4.09. The largest absolute Gasteiger partial charge is 0.372 e. The van der Waals surface area contributed by atoms with Gasteiger partial charge in [-0.2, -0.15) is 0 Å². The van der Waals surface area contributed by atoms with E-state index < -0.39 is 0 Å². The summed E-state index contributed by atoms with van der Waals surface area (Å²) in [6.45, 7) is 6.33. The average Bonchev–Trinajstić information content (AvgIpc) is 2.12. The van der Waals surface area contributed by atoms with Gasteiger partial charge in [-0.05, 0) is 40.0 Å². The minimum atomic E-state index is 0.0332. The lowest BCUT2D eigenvalue weighted by Crippen LogP contribution is -2.25. The third-order valence-corrected chi connectivity index (χ3v) is 1.63. The Balaban J connectivity index is 2.24. The fraction of sp³-hybridized carbons (Fsp3) is 0.889. The molecule has 1 unspecified atom stereocenters. The van der Waals surface area contributed by atoms with E-state index in [1.165, 1.54) is 19.3 Å². The van der Waals surface area contributed by atoms with Crippen molar-refractivity contribution >= 4 is 0 Å². The first-order chi connectivity index (χ1) is 4.58. The lowest BCUT2D eigenvalue weighted by Gasteiger charge is -2.24. The van der Waals surface area contributed by atoms with Crippen LogP contribution in [0.3, 0.4) is 0 Å². The molecule has 1 rings (SSSR count). The molecule has 0 aromatic rings. The van der Waals surface area contributed by atoms with Crippen molar-refractivity contribution in [2.75, 3.05) is 0 Å². The van der Waals surface area contributed by atoms with E-state index in [2.05, 4.69) is 27.2 Å². The molecule has 1 nitrogen and oxygen atoms in total. The molecule has 0 aliphatic heterocycles. The van der Waals surface area contributed by atoms with Crippen LogP contribution in [0.5, 0.6) is 0 Å². The van der Waals surface area contributed by atoms with Crippen LogP contribution in [0.15, 0.2) is 0 Å². The molecule has 0 amide bonds. The van der Waals surface area contributed by atoms with Gasteiger partial charge in [0.1, 0.15) is 0 Å². The van der Waals surface area contributed by atoms with Gasteiger partial charge in [0.25, 0.3) is 0 Å². The Bertz CT molecular complexity index is 95.8. The predicted molar refractivity (Wildman–Crippen MR) is 42.8 cm³/mol. The van der Waals surface area contributed by atoms with Gasteiger partial charge in [-0.25, -0.2) is 0 Å². The highest BCUT2D eigenvalue weighted by Gasteiger charge is 2.21. The van der Waals surface area contributed by atoms with Crippen LogP contribution < -0.4 is 0 Å². The van der Waals surface area contributed by atoms with Crippen molar-refractivity contribution in [3.63, 3.8) is 0 Å². The van der Waals surface area contributed by atoms with E-state index in [0.29, 0.717) is 6.10 Å². The first-order valence-electron chi connectivity index (χ1n) is 4.09.